The minimum atomic E-state index is -4.62. The Kier molecular flexibility index (Phi) is 5.46. The highest BCUT2D eigenvalue weighted by Gasteiger charge is 2.35. The number of amides is 3. The maximum Gasteiger partial charge on any atom is 0.418 e. The van der Waals surface area contributed by atoms with Crippen molar-refractivity contribution in [2.75, 3.05) is 5.32 Å². The lowest BCUT2D eigenvalue weighted by molar-refractivity contribution is -0.137. The highest BCUT2D eigenvalue weighted by molar-refractivity contribution is 9.10. The van der Waals surface area contributed by atoms with Gasteiger partial charge >= 0.3 is 12.2 Å². The summed E-state index contributed by atoms with van der Waals surface area (Å²) in [4.78, 5) is 24.8. The minimum absolute atomic E-state index is 0.120. The number of benzene rings is 2. The minimum Gasteiger partial charge on any atom is -0.327 e. The van der Waals surface area contributed by atoms with Gasteiger partial charge in [0.25, 0.3) is 5.91 Å². The smallest absolute Gasteiger partial charge is 0.327 e. The van der Waals surface area contributed by atoms with E-state index in [1.54, 1.807) is 24.3 Å². The van der Waals surface area contributed by atoms with E-state index in [1.807, 2.05) is 0 Å². The van der Waals surface area contributed by atoms with Gasteiger partial charge in [0.05, 0.1) is 22.9 Å². The molecule has 0 bridgehead atoms. The number of hydrogen-bond acceptors (Lipinski definition) is 2. The van der Waals surface area contributed by atoms with Crippen LogP contribution < -0.4 is 16.0 Å². The zero-order valence-corrected chi connectivity index (χ0v) is 16.1. The van der Waals surface area contributed by atoms with Crippen LogP contribution in [0.15, 0.2) is 64.3 Å². The van der Waals surface area contributed by atoms with Gasteiger partial charge in [-0.15, -0.1) is 0 Å². The van der Waals surface area contributed by atoms with E-state index >= 15 is 0 Å². The Morgan fingerprint density at radius 1 is 1.14 bits per heavy atom. The number of carbonyl (C=O) groups excluding carboxylic acids is 2. The molecule has 0 saturated heterocycles. The molecule has 0 aromatic heterocycles. The van der Waals surface area contributed by atoms with Gasteiger partial charge in [0.15, 0.2) is 0 Å². The summed E-state index contributed by atoms with van der Waals surface area (Å²) in [6.07, 6.45) is -4.62. The van der Waals surface area contributed by atoms with Crippen molar-refractivity contribution in [3.63, 3.8) is 0 Å². The third kappa shape index (κ3) is 4.19. The second kappa shape index (κ2) is 7.67. The molecule has 2 aromatic rings. The highest BCUT2D eigenvalue weighted by atomic mass is 79.9. The van der Waals surface area contributed by atoms with Gasteiger partial charge in [0.1, 0.15) is 0 Å². The van der Waals surface area contributed by atoms with Gasteiger partial charge in [-0.3, -0.25) is 4.79 Å². The molecule has 1 aliphatic heterocycles. The molecule has 0 aliphatic carbocycles. The lowest BCUT2D eigenvalue weighted by Crippen LogP contribution is -2.46. The maximum atomic E-state index is 13.2. The molecule has 0 saturated carbocycles. The lowest BCUT2D eigenvalue weighted by atomic mass is 9.94. The number of rotatable bonds is 3. The van der Waals surface area contributed by atoms with Gasteiger partial charge in [0, 0.05) is 10.2 Å². The van der Waals surface area contributed by atoms with Crippen molar-refractivity contribution >= 4 is 33.6 Å². The highest BCUT2D eigenvalue weighted by Crippen LogP contribution is 2.35. The SMILES string of the molecule is CC1=C(C(=O)Nc2ccccc2C(F)(F)F)C(c2cccc(Br)c2)NC(=O)N1. The molecule has 0 fully saturated rings. The van der Waals surface area contributed by atoms with Crippen molar-refractivity contribution < 1.29 is 22.8 Å². The molecule has 1 heterocycles. The topological polar surface area (TPSA) is 70.2 Å². The normalized spacial score (nSPS) is 17.0. The summed E-state index contributed by atoms with van der Waals surface area (Å²) in [6.45, 7) is 1.52. The molecule has 1 aliphatic rings. The zero-order chi connectivity index (χ0) is 20.5. The first-order valence-corrected chi connectivity index (χ1v) is 8.97. The van der Waals surface area contributed by atoms with Gasteiger partial charge in [-0.05, 0) is 36.8 Å². The van der Waals surface area contributed by atoms with E-state index < -0.39 is 29.7 Å². The van der Waals surface area contributed by atoms with Crippen LogP contribution in [0.4, 0.5) is 23.7 Å². The summed E-state index contributed by atoms with van der Waals surface area (Å²) in [5.41, 5.74) is -0.318. The Balaban J connectivity index is 1.99. The average Bonchev–Trinajstić information content (AvgIpc) is 2.60. The Bertz CT molecular complexity index is 973. The van der Waals surface area contributed by atoms with E-state index in [4.69, 9.17) is 0 Å². The van der Waals surface area contributed by atoms with Crippen LogP contribution in [0.5, 0.6) is 0 Å². The molecule has 9 heteroatoms. The van der Waals surface area contributed by atoms with Crippen LogP contribution >= 0.6 is 15.9 Å². The standard InChI is InChI=1S/C19H15BrF3N3O2/c1-10-15(16(26-18(28)24-10)11-5-4-6-12(20)9-11)17(27)25-14-8-3-2-7-13(14)19(21,22)23/h2-9,16H,1H3,(H,25,27)(H2,24,26,28). The van der Waals surface area contributed by atoms with Gasteiger partial charge in [-0.1, -0.05) is 40.2 Å². The number of carbonyl (C=O) groups is 2. The number of allylic oxidation sites excluding steroid dienone is 1. The number of halogens is 4. The van der Waals surface area contributed by atoms with Crippen LogP contribution in [0.3, 0.4) is 0 Å². The van der Waals surface area contributed by atoms with E-state index in [1.165, 1.54) is 25.1 Å². The second-order valence-corrected chi connectivity index (χ2v) is 7.04. The molecule has 146 valence electrons. The molecule has 1 atom stereocenters. The van der Waals surface area contributed by atoms with Crippen LogP contribution in [0.25, 0.3) is 0 Å². The van der Waals surface area contributed by atoms with Crippen molar-refractivity contribution in [2.45, 2.75) is 19.1 Å². The molecule has 0 radical (unpaired) electrons. The number of urea groups is 1. The van der Waals surface area contributed by atoms with Crippen LogP contribution in [-0.4, -0.2) is 11.9 Å². The summed E-state index contributed by atoms with van der Waals surface area (Å²) >= 11 is 3.33. The van der Waals surface area contributed by atoms with E-state index in [9.17, 15) is 22.8 Å². The molecular weight excluding hydrogens is 439 g/mol. The van der Waals surface area contributed by atoms with E-state index in [0.29, 0.717) is 5.56 Å². The van der Waals surface area contributed by atoms with Gasteiger partial charge in [-0.2, -0.15) is 13.2 Å². The molecular formula is C19H15BrF3N3O2. The van der Waals surface area contributed by atoms with Crippen molar-refractivity contribution in [3.05, 3.63) is 75.4 Å². The first kappa shape index (κ1) is 19.9. The third-order valence-electron chi connectivity index (χ3n) is 4.18. The molecule has 0 spiro atoms. The summed E-state index contributed by atoms with van der Waals surface area (Å²) in [6, 6.07) is 10.3. The summed E-state index contributed by atoms with van der Waals surface area (Å²) in [7, 11) is 0. The first-order valence-electron chi connectivity index (χ1n) is 8.18. The quantitative estimate of drug-likeness (QED) is 0.628. The number of anilines is 1. The fourth-order valence-corrected chi connectivity index (χ4v) is 3.38. The number of nitrogens with one attached hydrogen (secondary N) is 3. The summed E-state index contributed by atoms with van der Waals surface area (Å²) in [5, 5.41) is 7.46. The van der Waals surface area contributed by atoms with Gasteiger partial charge < -0.3 is 16.0 Å². The van der Waals surface area contributed by atoms with Crippen LogP contribution in [-0.2, 0) is 11.0 Å². The van der Waals surface area contributed by atoms with Crippen molar-refractivity contribution in [2.24, 2.45) is 0 Å². The van der Waals surface area contributed by atoms with Gasteiger partial charge in [0.2, 0.25) is 0 Å². The van der Waals surface area contributed by atoms with Gasteiger partial charge in [-0.25, -0.2) is 4.79 Å². The zero-order valence-electron chi connectivity index (χ0n) is 14.5. The van der Waals surface area contributed by atoms with Crippen LogP contribution in [0.2, 0.25) is 0 Å². The van der Waals surface area contributed by atoms with E-state index in [2.05, 4.69) is 31.9 Å². The predicted molar refractivity (Wildman–Crippen MR) is 101 cm³/mol. The Morgan fingerprint density at radius 2 is 1.86 bits per heavy atom. The fourth-order valence-electron chi connectivity index (χ4n) is 2.96. The molecule has 5 nitrogen and oxygen atoms in total. The number of alkyl halides is 3. The molecule has 2 aromatic carbocycles. The van der Waals surface area contributed by atoms with Crippen molar-refractivity contribution in [1.29, 1.82) is 0 Å². The molecule has 1 unspecified atom stereocenters. The number of para-hydroxylation sites is 1. The Hall–Kier alpha value is -2.81. The first-order chi connectivity index (χ1) is 13.2. The van der Waals surface area contributed by atoms with E-state index in [-0.39, 0.29) is 17.0 Å². The molecule has 3 rings (SSSR count). The summed E-state index contributed by atoms with van der Waals surface area (Å²) in [5.74, 6) is -0.744. The van der Waals surface area contributed by atoms with Crippen LogP contribution in [0, 0.1) is 0 Å². The monoisotopic (exact) mass is 453 g/mol. The fraction of sp³-hybridized carbons (Fsp3) is 0.158. The molecule has 3 amide bonds. The average molecular weight is 454 g/mol. The van der Waals surface area contributed by atoms with Crippen molar-refractivity contribution in [1.82, 2.24) is 10.6 Å². The number of hydrogen-bond donors (Lipinski definition) is 3. The third-order valence-corrected chi connectivity index (χ3v) is 4.67. The van der Waals surface area contributed by atoms with Crippen molar-refractivity contribution in [3.8, 4) is 0 Å². The Labute approximate surface area is 167 Å². The lowest BCUT2D eigenvalue weighted by Gasteiger charge is -2.29. The second-order valence-electron chi connectivity index (χ2n) is 6.12. The Morgan fingerprint density at radius 3 is 2.54 bits per heavy atom. The molecule has 3 N–H and O–H groups in total. The van der Waals surface area contributed by atoms with Crippen LogP contribution in [0.1, 0.15) is 24.1 Å². The predicted octanol–water partition coefficient (Wildman–Crippen LogP) is 4.73. The van der Waals surface area contributed by atoms with E-state index in [0.717, 1.165) is 10.5 Å². The summed E-state index contributed by atoms with van der Waals surface area (Å²) < 4.78 is 40.4. The maximum absolute atomic E-state index is 13.2. The largest absolute Gasteiger partial charge is 0.418 e. The molecule has 28 heavy (non-hydrogen) atoms.